The number of rotatable bonds is 5. The molecule has 2 amide bonds. The average Bonchev–Trinajstić information content (AvgIpc) is 2.56. The summed E-state index contributed by atoms with van der Waals surface area (Å²) in [5.41, 5.74) is -0.173. The Bertz CT molecular complexity index is 724. The summed E-state index contributed by atoms with van der Waals surface area (Å²) in [6.07, 6.45) is -4.23. The molecular formula is C17H16ClF3N2O2. The zero-order valence-corrected chi connectivity index (χ0v) is 13.7. The van der Waals surface area contributed by atoms with Crippen LogP contribution in [0.2, 0.25) is 5.02 Å². The van der Waals surface area contributed by atoms with Crippen molar-refractivity contribution >= 4 is 23.3 Å². The van der Waals surface area contributed by atoms with E-state index >= 15 is 0 Å². The predicted molar refractivity (Wildman–Crippen MR) is 89.6 cm³/mol. The fourth-order valence-corrected chi connectivity index (χ4v) is 2.46. The second kappa shape index (κ2) is 8.22. The quantitative estimate of drug-likeness (QED) is 0.740. The van der Waals surface area contributed by atoms with Crippen molar-refractivity contribution in [2.75, 3.05) is 11.9 Å². The fraction of sp³-hybridized carbons (Fsp3) is 0.235. The van der Waals surface area contributed by atoms with Crippen LogP contribution in [-0.2, 0) is 12.6 Å². The Morgan fingerprint density at radius 1 is 1.16 bits per heavy atom. The molecule has 3 N–H and O–H groups in total. The second-order valence-corrected chi connectivity index (χ2v) is 5.77. The highest BCUT2D eigenvalue weighted by molar-refractivity contribution is 6.31. The van der Waals surface area contributed by atoms with Crippen molar-refractivity contribution in [2.45, 2.75) is 18.6 Å². The minimum atomic E-state index is -4.62. The van der Waals surface area contributed by atoms with Crippen molar-refractivity contribution in [3.8, 4) is 0 Å². The van der Waals surface area contributed by atoms with Crippen LogP contribution in [0.3, 0.4) is 0 Å². The zero-order valence-electron chi connectivity index (χ0n) is 13.0. The number of hydrogen-bond donors (Lipinski definition) is 3. The molecule has 0 fully saturated rings. The molecule has 134 valence electrons. The first-order valence-corrected chi connectivity index (χ1v) is 7.76. The molecule has 0 aromatic heterocycles. The molecule has 0 bridgehead atoms. The van der Waals surface area contributed by atoms with Crippen molar-refractivity contribution in [1.82, 2.24) is 5.32 Å². The van der Waals surface area contributed by atoms with Crippen LogP contribution in [0, 0.1) is 0 Å². The van der Waals surface area contributed by atoms with Gasteiger partial charge in [0.15, 0.2) is 0 Å². The maximum absolute atomic E-state index is 12.8. The molecule has 0 spiro atoms. The van der Waals surface area contributed by atoms with Crippen LogP contribution in [0.15, 0.2) is 48.5 Å². The van der Waals surface area contributed by atoms with Gasteiger partial charge in [-0.15, -0.1) is 0 Å². The van der Waals surface area contributed by atoms with E-state index in [9.17, 15) is 23.1 Å². The number of alkyl halides is 3. The summed E-state index contributed by atoms with van der Waals surface area (Å²) in [4.78, 5) is 12.0. The molecule has 8 heteroatoms. The molecule has 2 aromatic rings. The first-order valence-electron chi connectivity index (χ1n) is 7.38. The Kier molecular flexibility index (Phi) is 6.27. The summed E-state index contributed by atoms with van der Waals surface area (Å²) in [6.45, 7) is -0.309. The number of carbonyl (C=O) groups is 1. The number of amides is 2. The highest BCUT2D eigenvalue weighted by Gasteiger charge is 2.33. The minimum absolute atomic E-state index is 0.0503. The van der Waals surface area contributed by atoms with E-state index in [1.165, 1.54) is 6.07 Å². The van der Waals surface area contributed by atoms with Gasteiger partial charge in [0.1, 0.15) is 0 Å². The maximum Gasteiger partial charge on any atom is 0.417 e. The van der Waals surface area contributed by atoms with Gasteiger partial charge in [0, 0.05) is 5.69 Å². The summed E-state index contributed by atoms with van der Waals surface area (Å²) in [6, 6.07) is 11.0. The van der Waals surface area contributed by atoms with Crippen LogP contribution in [0.1, 0.15) is 11.1 Å². The van der Waals surface area contributed by atoms with E-state index in [-0.39, 0.29) is 12.3 Å². The summed E-state index contributed by atoms with van der Waals surface area (Å²) >= 11 is 5.53. The number of nitrogens with one attached hydrogen (secondary N) is 2. The number of aliphatic hydroxyl groups is 1. The fourth-order valence-electron chi connectivity index (χ4n) is 2.23. The van der Waals surface area contributed by atoms with Gasteiger partial charge in [0.05, 0.1) is 23.2 Å². The summed E-state index contributed by atoms with van der Waals surface area (Å²) in [7, 11) is 0. The number of benzene rings is 2. The highest BCUT2D eigenvalue weighted by atomic mass is 35.5. The van der Waals surface area contributed by atoms with Crippen molar-refractivity contribution in [3.63, 3.8) is 0 Å². The third-order valence-corrected chi connectivity index (χ3v) is 3.74. The lowest BCUT2D eigenvalue weighted by Crippen LogP contribution is -2.41. The molecule has 0 aliphatic carbocycles. The Morgan fingerprint density at radius 2 is 1.84 bits per heavy atom. The van der Waals surface area contributed by atoms with E-state index in [1.807, 2.05) is 30.3 Å². The number of hydrogen-bond acceptors (Lipinski definition) is 2. The van der Waals surface area contributed by atoms with E-state index in [1.54, 1.807) is 0 Å². The lowest BCUT2D eigenvalue weighted by Gasteiger charge is -2.17. The second-order valence-electron chi connectivity index (χ2n) is 5.36. The topological polar surface area (TPSA) is 61.4 Å². The standard InChI is InChI=1S/C17H16ClF3N2O2/c18-15-7-6-12(9-14(15)17(19,20)21)22-16(25)23-13(10-24)8-11-4-2-1-3-5-11/h1-7,9,13,24H,8,10H2,(H2,22,23,25). The zero-order chi connectivity index (χ0) is 18.4. The summed E-state index contributed by atoms with van der Waals surface area (Å²) < 4.78 is 38.5. The smallest absolute Gasteiger partial charge is 0.394 e. The SMILES string of the molecule is O=C(Nc1ccc(Cl)c(C(F)(F)F)c1)NC(CO)Cc1ccccc1. The molecule has 25 heavy (non-hydrogen) atoms. The molecule has 0 heterocycles. The van der Waals surface area contributed by atoms with Crippen molar-refractivity contribution in [2.24, 2.45) is 0 Å². The molecule has 0 aliphatic rings. The van der Waals surface area contributed by atoms with Crippen molar-refractivity contribution in [1.29, 1.82) is 0 Å². The third-order valence-electron chi connectivity index (χ3n) is 3.41. The number of carbonyl (C=O) groups excluding carboxylic acids is 1. The van der Waals surface area contributed by atoms with Gasteiger partial charge in [-0.05, 0) is 30.2 Å². The molecule has 0 radical (unpaired) electrons. The first-order chi connectivity index (χ1) is 11.8. The van der Waals surface area contributed by atoms with Gasteiger partial charge in [0.25, 0.3) is 0 Å². The average molecular weight is 373 g/mol. The van der Waals surface area contributed by atoms with Crippen LogP contribution < -0.4 is 10.6 Å². The minimum Gasteiger partial charge on any atom is -0.394 e. The molecule has 1 atom stereocenters. The van der Waals surface area contributed by atoms with E-state index in [2.05, 4.69) is 10.6 Å². The first kappa shape index (κ1) is 19.1. The number of urea groups is 1. The van der Waals surface area contributed by atoms with Crippen LogP contribution >= 0.6 is 11.6 Å². The highest BCUT2D eigenvalue weighted by Crippen LogP contribution is 2.36. The summed E-state index contributed by atoms with van der Waals surface area (Å²) in [5, 5.41) is 13.8. The van der Waals surface area contributed by atoms with E-state index in [0.717, 1.165) is 17.7 Å². The molecule has 2 aromatic carbocycles. The van der Waals surface area contributed by atoms with Gasteiger partial charge in [-0.25, -0.2) is 4.79 Å². The van der Waals surface area contributed by atoms with Crippen LogP contribution in [-0.4, -0.2) is 23.8 Å². The normalized spacial score (nSPS) is 12.5. The van der Waals surface area contributed by atoms with Crippen molar-refractivity contribution < 1.29 is 23.1 Å². The largest absolute Gasteiger partial charge is 0.417 e. The predicted octanol–water partition coefficient (Wildman–Crippen LogP) is 4.08. The van der Waals surface area contributed by atoms with Gasteiger partial charge in [-0.1, -0.05) is 41.9 Å². The molecule has 0 aliphatic heterocycles. The lowest BCUT2D eigenvalue weighted by molar-refractivity contribution is -0.137. The third kappa shape index (κ3) is 5.65. The molecule has 2 rings (SSSR count). The van der Waals surface area contributed by atoms with E-state index in [4.69, 9.17) is 11.6 Å². The molecule has 4 nitrogen and oxygen atoms in total. The summed E-state index contributed by atoms with van der Waals surface area (Å²) in [5.74, 6) is 0. The van der Waals surface area contributed by atoms with Gasteiger partial charge >= 0.3 is 12.2 Å². The molecular weight excluding hydrogens is 357 g/mol. The van der Waals surface area contributed by atoms with E-state index < -0.39 is 28.8 Å². The van der Waals surface area contributed by atoms with E-state index in [0.29, 0.717) is 6.42 Å². The molecule has 0 saturated heterocycles. The van der Waals surface area contributed by atoms with Crippen LogP contribution in [0.5, 0.6) is 0 Å². The number of anilines is 1. The maximum atomic E-state index is 12.8. The lowest BCUT2D eigenvalue weighted by atomic mass is 10.1. The molecule has 1 unspecified atom stereocenters. The monoisotopic (exact) mass is 372 g/mol. The van der Waals surface area contributed by atoms with Gasteiger partial charge in [-0.2, -0.15) is 13.2 Å². The van der Waals surface area contributed by atoms with Gasteiger partial charge < -0.3 is 15.7 Å². The Hall–Kier alpha value is -2.25. The Balaban J connectivity index is 2.01. The van der Waals surface area contributed by atoms with Gasteiger partial charge in [0.2, 0.25) is 0 Å². The van der Waals surface area contributed by atoms with Crippen LogP contribution in [0.4, 0.5) is 23.7 Å². The van der Waals surface area contributed by atoms with Crippen molar-refractivity contribution in [3.05, 3.63) is 64.7 Å². The van der Waals surface area contributed by atoms with Crippen LogP contribution in [0.25, 0.3) is 0 Å². The van der Waals surface area contributed by atoms with Gasteiger partial charge in [-0.3, -0.25) is 0 Å². The molecule has 0 saturated carbocycles. The number of aliphatic hydroxyl groups excluding tert-OH is 1. The Morgan fingerprint density at radius 3 is 2.44 bits per heavy atom. The Labute approximate surface area is 147 Å². The number of halogens is 4.